The quantitative estimate of drug-likeness (QED) is 0.322. The molecule has 1 unspecified atom stereocenters. The molecule has 2 aromatic rings. The number of hydrogen-bond donors (Lipinski definition) is 0. The van der Waals surface area contributed by atoms with Gasteiger partial charge < -0.3 is 4.79 Å². The van der Waals surface area contributed by atoms with Crippen LogP contribution >= 0.6 is 22.9 Å². The number of carbonyl (C=O) groups is 2. The van der Waals surface area contributed by atoms with Crippen molar-refractivity contribution in [2.24, 2.45) is 11.8 Å². The fraction of sp³-hybridized carbons (Fsp3) is 0.500. The number of carbonyl (C=O) groups excluding carboxylic acids is 2. The molecule has 140 valence electrons. The zero-order valence-electron chi connectivity index (χ0n) is 15.7. The highest BCUT2D eigenvalue weighted by molar-refractivity contribution is 7.15. The van der Waals surface area contributed by atoms with Gasteiger partial charge in [-0.15, -0.1) is 11.3 Å². The third-order valence-corrected chi connectivity index (χ3v) is 5.60. The van der Waals surface area contributed by atoms with Gasteiger partial charge >= 0.3 is 0 Å². The third-order valence-electron chi connectivity index (χ3n) is 4.34. The molecule has 0 saturated heterocycles. The van der Waals surface area contributed by atoms with Gasteiger partial charge in [-0.05, 0) is 37.8 Å². The molecule has 0 N–H and O–H groups in total. The average Bonchev–Trinajstić information content (AvgIpc) is 2.97. The lowest BCUT2D eigenvalue weighted by Crippen LogP contribution is -2.25. The van der Waals surface area contributed by atoms with E-state index in [1.165, 1.54) is 11.3 Å². The minimum absolute atomic E-state index is 0.00951. The molecule has 2 atom stereocenters. The number of ketones is 1. The van der Waals surface area contributed by atoms with Crippen molar-refractivity contribution in [2.75, 3.05) is 0 Å². The largest absolute Gasteiger partial charge is 0.302 e. The minimum atomic E-state index is -0.796. The summed E-state index contributed by atoms with van der Waals surface area (Å²) < 4.78 is 0. The molecule has 2 heterocycles. The van der Waals surface area contributed by atoms with Crippen LogP contribution in [0.5, 0.6) is 0 Å². The number of aromatic nitrogens is 2. The van der Waals surface area contributed by atoms with Crippen LogP contribution in [0.3, 0.4) is 0 Å². The molecule has 4 nitrogen and oxygen atoms in total. The summed E-state index contributed by atoms with van der Waals surface area (Å²) in [6.07, 6.45) is 4.93. The maximum atomic E-state index is 13.0. The van der Waals surface area contributed by atoms with Crippen molar-refractivity contribution in [2.45, 2.75) is 52.9 Å². The van der Waals surface area contributed by atoms with Crippen LogP contribution in [0.25, 0.3) is 10.6 Å². The topological polar surface area (TPSA) is 59.9 Å². The third kappa shape index (κ3) is 4.98. The Morgan fingerprint density at radius 3 is 2.62 bits per heavy atom. The average molecular weight is 393 g/mol. The number of rotatable bonds is 9. The number of Topliss-reactive ketones (excluding diaryl/α,β-unsaturated/α-hetero) is 1. The van der Waals surface area contributed by atoms with Crippen molar-refractivity contribution in [3.63, 3.8) is 0 Å². The summed E-state index contributed by atoms with van der Waals surface area (Å²) in [6.45, 7) is 8.17. The first-order chi connectivity index (χ1) is 12.4. The standard InChI is InChI=1S/C20H25ClN2O2S/c1-5-6-14(9-12(2)3)19(25)16(11-24)18-13(4)26-20(23-18)15-7-8-17(21)22-10-15/h7-8,10-12,14,16H,5-6,9H2,1-4H3/t14-,16?/m1/s1. The van der Waals surface area contributed by atoms with Crippen molar-refractivity contribution in [3.8, 4) is 10.6 Å². The van der Waals surface area contributed by atoms with Crippen LogP contribution in [0, 0.1) is 18.8 Å². The molecule has 0 saturated carbocycles. The summed E-state index contributed by atoms with van der Waals surface area (Å²) in [5.74, 6) is -0.493. The number of halogens is 1. The predicted molar refractivity (Wildman–Crippen MR) is 107 cm³/mol. The van der Waals surface area contributed by atoms with E-state index in [1.807, 2.05) is 13.0 Å². The normalized spacial score (nSPS) is 13.6. The molecule has 2 rings (SSSR count). The molecule has 26 heavy (non-hydrogen) atoms. The molecule has 0 bridgehead atoms. The summed E-state index contributed by atoms with van der Waals surface area (Å²) in [5, 5.41) is 1.16. The number of hydrogen-bond acceptors (Lipinski definition) is 5. The minimum Gasteiger partial charge on any atom is -0.302 e. The number of pyridine rings is 1. The van der Waals surface area contributed by atoms with Crippen LogP contribution < -0.4 is 0 Å². The summed E-state index contributed by atoms with van der Waals surface area (Å²) in [4.78, 5) is 34.4. The van der Waals surface area contributed by atoms with Gasteiger partial charge in [0.1, 0.15) is 22.4 Å². The Bertz CT molecular complexity index is 756. The van der Waals surface area contributed by atoms with Crippen LogP contribution in [-0.4, -0.2) is 22.0 Å². The smallest absolute Gasteiger partial charge is 0.152 e. The van der Waals surface area contributed by atoms with Gasteiger partial charge in [0.15, 0.2) is 5.78 Å². The maximum absolute atomic E-state index is 13.0. The van der Waals surface area contributed by atoms with E-state index in [1.54, 1.807) is 12.3 Å². The Kier molecular flexibility index (Phi) is 7.47. The molecule has 6 heteroatoms. The lowest BCUT2D eigenvalue weighted by atomic mass is 9.83. The monoisotopic (exact) mass is 392 g/mol. The van der Waals surface area contributed by atoms with Crippen LogP contribution in [0.2, 0.25) is 5.15 Å². The molecule has 0 aliphatic heterocycles. The van der Waals surface area contributed by atoms with E-state index in [2.05, 4.69) is 30.7 Å². The van der Waals surface area contributed by atoms with Crippen molar-refractivity contribution in [1.29, 1.82) is 0 Å². The second kappa shape index (κ2) is 9.38. The molecule has 0 spiro atoms. The Hall–Kier alpha value is -1.59. The molecule has 0 aliphatic carbocycles. The van der Waals surface area contributed by atoms with Gasteiger partial charge in [0.05, 0.1) is 5.69 Å². The first-order valence-electron chi connectivity index (χ1n) is 8.95. The number of aldehydes is 1. The molecular formula is C20H25ClN2O2S. The van der Waals surface area contributed by atoms with Crippen molar-refractivity contribution < 1.29 is 9.59 Å². The highest BCUT2D eigenvalue weighted by atomic mass is 35.5. The number of nitrogens with zero attached hydrogens (tertiary/aromatic N) is 2. The Morgan fingerprint density at radius 1 is 1.35 bits per heavy atom. The zero-order valence-corrected chi connectivity index (χ0v) is 17.2. The lowest BCUT2D eigenvalue weighted by molar-refractivity contribution is -0.128. The SMILES string of the molecule is CCC[C@H](CC(C)C)C(=O)C(C=O)c1nc(-c2ccc(Cl)nc2)sc1C. The van der Waals surface area contributed by atoms with Gasteiger partial charge in [-0.25, -0.2) is 9.97 Å². The van der Waals surface area contributed by atoms with E-state index in [-0.39, 0.29) is 11.7 Å². The number of aryl methyl sites for hydroxylation is 1. The van der Waals surface area contributed by atoms with Crippen LogP contribution in [0.4, 0.5) is 0 Å². The lowest BCUT2D eigenvalue weighted by Gasteiger charge is -2.20. The summed E-state index contributed by atoms with van der Waals surface area (Å²) >= 11 is 7.31. The Morgan fingerprint density at radius 2 is 2.08 bits per heavy atom. The molecule has 0 fully saturated rings. The second-order valence-corrected chi connectivity index (χ2v) is 8.55. The fourth-order valence-electron chi connectivity index (χ4n) is 3.14. The van der Waals surface area contributed by atoms with Crippen molar-refractivity contribution in [3.05, 3.63) is 34.1 Å². The molecular weight excluding hydrogens is 368 g/mol. The van der Waals surface area contributed by atoms with Gasteiger partial charge in [-0.1, -0.05) is 38.8 Å². The van der Waals surface area contributed by atoms with Gasteiger partial charge in [0.2, 0.25) is 0 Å². The van der Waals surface area contributed by atoms with Crippen molar-refractivity contribution in [1.82, 2.24) is 9.97 Å². The van der Waals surface area contributed by atoms with Crippen LogP contribution in [0.1, 0.15) is 56.5 Å². The van der Waals surface area contributed by atoms with E-state index >= 15 is 0 Å². The Balaban J connectivity index is 2.33. The Labute approximate surface area is 164 Å². The van der Waals surface area contributed by atoms with Gasteiger partial charge in [0, 0.05) is 22.6 Å². The summed E-state index contributed by atoms with van der Waals surface area (Å²) in [6, 6.07) is 3.54. The van der Waals surface area contributed by atoms with E-state index < -0.39 is 5.92 Å². The highest BCUT2D eigenvalue weighted by Crippen LogP contribution is 2.33. The van der Waals surface area contributed by atoms with E-state index in [0.717, 1.165) is 41.0 Å². The molecule has 0 aromatic carbocycles. The summed E-state index contributed by atoms with van der Waals surface area (Å²) in [7, 11) is 0. The summed E-state index contributed by atoms with van der Waals surface area (Å²) in [5.41, 5.74) is 1.41. The van der Waals surface area contributed by atoms with E-state index in [9.17, 15) is 9.59 Å². The zero-order chi connectivity index (χ0) is 19.3. The van der Waals surface area contributed by atoms with Gasteiger partial charge in [0.25, 0.3) is 0 Å². The molecule has 0 aliphatic rings. The second-order valence-electron chi connectivity index (χ2n) is 6.96. The van der Waals surface area contributed by atoms with Crippen molar-refractivity contribution >= 4 is 35.0 Å². The van der Waals surface area contributed by atoms with Crippen LogP contribution in [-0.2, 0) is 9.59 Å². The maximum Gasteiger partial charge on any atom is 0.152 e. The number of thiazole rings is 1. The van der Waals surface area contributed by atoms with E-state index in [0.29, 0.717) is 16.8 Å². The van der Waals surface area contributed by atoms with Crippen LogP contribution in [0.15, 0.2) is 18.3 Å². The molecule has 0 radical (unpaired) electrons. The first kappa shape index (κ1) is 20.7. The first-order valence-corrected chi connectivity index (χ1v) is 10.1. The highest BCUT2D eigenvalue weighted by Gasteiger charge is 2.31. The van der Waals surface area contributed by atoms with Gasteiger partial charge in [-0.2, -0.15) is 0 Å². The molecule has 0 amide bonds. The fourth-order valence-corrected chi connectivity index (χ4v) is 4.20. The molecule has 2 aromatic heterocycles. The van der Waals surface area contributed by atoms with E-state index in [4.69, 9.17) is 11.6 Å². The predicted octanol–water partition coefficient (Wildman–Crippen LogP) is 5.48. The van der Waals surface area contributed by atoms with Gasteiger partial charge in [-0.3, -0.25) is 4.79 Å².